The van der Waals surface area contributed by atoms with Crippen LogP contribution in [-0.4, -0.2) is 4.32 Å². The van der Waals surface area contributed by atoms with Gasteiger partial charge in [0, 0.05) is 11.1 Å². The molecule has 2 aromatic rings. The number of thiol groups is 1. The van der Waals surface area contributed by atoms with Crippen molar-refractivity contribution in [2.24, 2.45) is 0 Å². The Labute approximate surface area is 130 Å². The summed E-state index contributed by atoms with van der Waals surface area (Å²) in [4.78, 5) is 0. The van der Waals surface area contributed by atoms with Gasteiger partial charge in [-0.2, -0.15) is 0 Å². The van der Waals surface area contributed by atoms with Crippen LogP contribution in [0.3, 0.4) is 0 Å². The van der Waals surface area contributed by atoms with Crippen molar-refractivity contribution in [3.63, 3.8) is 0 Å². The zero-order chi connectivity index (χ0) is 14.0. The molecule has 0 amide bonds. The minimum absolute atomic E-state index is 0.0256. The molecule has 0 aromatic heterocycles. The maximum atomic E-state index is 5.85. The molecule has 0 N–H and O–H groups in total. The summed E-state index contributed by atoms with van der Waals surface area (Å²) in [5.74, 6) is 0. The summed E-state index contributed by atoms with van der Waals surface area (Å²) in [5, 5.41) is 0. The van der Waals surface area contributed by atoms with Gasteiger partial charge in [0.25, 0.3) is 0 Å². The van der Waals surface area contributed by atoms with Crippen LogP contribution in [-0.2, 0) is 12.8 Å². The number of quaternary nitrogens is 1. The number of hydrogen-bond donors (Lipinski definition) is 1. The quantitative estimate of drug-likeness (QED) is 0.372. The van der Waals surface area contributed by atoms with Crippen molar-refractivity contribution in [3.05, 3.63) is 59.7 Å². The van der Waals surface area contributed by atoms with Gasteiger partial charge in [-0.25, -0.2) is 0 Å². The minimum Gasteiger partial charge on any atom is -0.474 e. The Bertz CT molecular complexity index is 577. The summed E-state index contributed by atoms with van der Waals surface area (Å²) in [5.41, 5.74) is 4.17. The van der Waals surface area contributed by atoms with Gasteiger partial charge in [0.05, 0.1) is 0 Å². The van der Waals surface area contributed by atoms with Crippen LogP contribution >= 0.6 is 24.8 Å². The molecule has 2 rings (SSSR count). The lowest BCUT2D eigenvalue weighted by Gasteiger charge is -2.42. The third-order valence-corrected chi connectivity index (χ3v) is 4.58. The largest absolute Gasteiger partial charge is 0.474 e. The van der Waals surface area contributed by atoms with E-state index >= 15 is 0 Å². The van der Waals surface area contributed by atoms with Gasteiger partial charge in [-0.3, -0.25) is 0 Å². The van der Waals surface area contributed by atoms with Crippen LogP contribution in [0.5, 0.6) is 0 Å². The van der Waals surface area contributed by atoms with E-state index in [1.54, 1.807) is 0 Å². The fraction of sp³-hybridized carbons (Fsp3) is 0.133. The fourth-order valence-corrected chi connectivity index (χ4v) is 2.99. The average molecular weight is 305 g/mol. The van der Waals surface area contributed by atoms with E-state index in [0.29, 0.717) is 4.32 Å². The van der Waals surface area contributed by atoms with Crippen LogP contribution in [0.2, 0.25) is 0 Å². The number of benzene rings is 2. The van der Waals surface area contributed by atoms with Crippen molar-refractivity contribution in [2.45, 2.75) is 13.8 Å². The molecule has 98 valence electrons. The number of thiocarbonyl (C=S) groups is 1. The van der Waals surface area contributed by atoms with Gasteiger partial charge in [0.2, 0.25) is 4.32 Å². The highest BCUT2D eigenvalue weighted by atomic mass is 32.1. The minimum atomic E-state index is 0.0256. The van der Waals surface area contributed by atoms with Crippen LogP contribution in [0.1, 0.15) is 11.1 Å². The topological polar surface area (TPSA) is 0 Å². The third kappa shape index (κ3) is 2.58. The number of para-hydroxylation sites is 2. The Kier molecular flexibility index (Phi) is 4.36. The van der Waals surface area contributed by atoms with Gasteiger partial charge in [0.1, 0.15) is 11.4 Å². The van der Waals surface area contributed by atoms with Crippen molar-refractivity contribution in [1.29, 1.82) is 0 Å². The first-order valence-corrected chi connectivity index (χ1v) is 7.16. The molecule has 0 fully saturated rings. The molecule has 0 unspecified atom stereocenters. The Hall–Kier alpha value is -0.810. The van der Waals surface area contributed by atoms with Gasteiger partial charge < -0.3 is 16.7 Å². The summed E-state index contributed by atoms with van der Waals surface area (Å²) in [6, 6.07) is 16.1. The summed E-state index contributed by atoms with van der Waals surface area (Å²) in [6.45, 7) is 4.08. The number of aryl methyl sites for hydroxylation is 2. The van der Waals surface area contributed by atoms with Gasteiger partial charge in [-0.05, 0) is 38.2 Å². The second-order valence-electron chi connectivity index (χ2n) is 4.46. The predicted octanol–water partition coefficient (Wildman–Crippen LogP) is 4.62. The molecular weight excluding hydrogens is 290 g/mol. The van der Waals surface area contributed by atoms with Crippen molar-refractivity contribution >= 4 is 53.4 Å². The van der Waals surface area contributed by atoms with Crippen molar-refractivity contribution in [3.8, 4) is 0 Å². The van der Waals surface area contributed by atoms with E-state index in [0.717, 1.165) is 22.5 Å². The van der Waals surface area contributed by atoms with Crippen LogP contribution in [0.4, 0.5) is 11.4 Å². The Balaban J connectivity index is 2.73. The lowest BCUT2D eigenvalue weighted by molar-refractivity contribution is 0.902. The van der Waals surface area contributed by atoms with E-state index in [1.807, 2.05) is 62.4 Å². The molecule has 19 heavy (non-hydrogen) atoms. The van der Waals surface area contributed by atoms with Crippen LogP contribution in [0.15, 0.2) is 48.5 Å². The van der Waals surface area contributed by atoms with E-state index in [4.69, 9.17) is 25.0 Å². The molecular formula is C15H15NS3. The fourth-order valence-electron chi connectivity index (χ4n) is 2.17. The second-order valence-corrected chi connectivity index (χ2v) is 6.13. The van der Waals surface area contributed by atoms with Crippen LogP contribution < -0.4 is 3.89 Å². The normalized spacial score (nSPS) is 11.4. The standard InChI is InChI=1S/C15H15NS3/c1-11-7-3-5-9-13(11)16(19,15(17)18)14-10-6-4-8-12(14)2/h3-10H,1-2H3,(H,17,18). The third-order valence-electron chi connectivity index (χ3n) is 3.18. The summed E-state index contributed by atoms with van der Waals surface area (Å²) < 4.78 is 0.483. The Morgan fingerprint density at radius 2 is 1.32 bits per heavy atom. The summed E-state index contributed by atoms with van der Waals surface area (Å²) in [7, 11) is 0. The maximum Gasteiger partial charge on any atom is 0.222 e. The maximum absolute atomic E-state index is 5.85. The van der Waals surface area contributed by atoms with Crippen molar-refractivity contribution < 1.29 is 0 Å². The first kappa shape index (κ1) is 14.6. The summed E-state index contributed by atoms with van der Waals surface area (Å²) in [6.07, 6.45) is 0. The molecule has 2 aromatic carbocycles. The zero-order valence-corrected chi connectivity index (χ0v) is 13.4. The molecule has 4 heteroatoms. The molecule has 0 aliphatic heterocycles. The molecule has 0 aliphatic rings. The monoisotopic (exact) mass is 305 g/mol. The van der Waals surface area contributed by atoms with Gasteiger partial charge in [-0.15, -0.1) is 0 Å². The SMILES string of the molecule is Cc1ccccc1[N+]([S-])(C(=S)S)c1ccccc1C. The van der Waals surface area contributed by atoms with E-state index in [-0.39, 0.29) is 3.89 Å². The highest BCUT2D eigenvalue weighted by Gasteiger charge is 2.28. The highest BCUT2D eigenvalue weighted by molar-refractivity contribution is 8.12. The average Bonchev–Trinajstić information content (AvgIpc) is 2.38. The number of rotatable bonds is 2. The zero-order valence-electron chi connectivity index (χ0n) is 10.8. The first-order chi connectivity index (χ1) is 8.98. The van der Waals surface area contributed by atoms with Crippen molar-refractivity contribution in [1.82, 2.24) is 3.89 Å². The molecule has 0 saturated heterocycles. The van der Waals surface area contributed by atoms with Gasteiger partial charge in [0.15, 0.2) is 0 Å². The second kappa shape index (κ2) is 5.67. The van der Waals surface area contributed by atoms with Crippen molar-refractivity contribution in [2.75, 3.05) is 0 Å². The molecule has 0 heterocycles. The lowest BCUT2D eigenvalue weighted by atomic mass is 10.1. The number of hydrogen-bond acceptors (Lipinski definition) is 2. The van der Waals surface area contributed by atoms with E-state index in [2.05, 4.69) is 12.6 Å². The molecule has 0 atom stereocenters. The first-order valence-electron chi connectivity index (χ1n) is 5.94. The Morgan fingerprint density at radius 1 is 0.947 bits per heavy atom. The summed E-state index contributed by atoms with van der Waals surface area (Å²) >= 11 is 15.6. The highest BCUT2D eigenvalue weighted by Crippen LogP contribution is 2.39. The molecule has 0 aliphatic carbocycles. The molecule has 0 saturated carbocycles. The van der Waals surface area contributed by atoms with E-state index in [1.165, 1.54) is 0 Å². The lowest BCUT2D eigenvalue weighted by Crippen LogP contribution is -2.41. The van der Waals surface area contributed by atoms with E-state index in [9.17, 15) is 0 Å². The van der Waals surface area contributed by atoms with Gasteiger partial charge in [-0.1, -0.05) is 49.0 Å². The Morgan fingerprint density at radius 3 is 1.63 bits per heavy atom. The molecule has 1 nitrogen and oxygen atoms in total. The molecule has 0 radical (unpaired) electrons. The molecule has 0 spiro atoms. The van der Waals surface area contributed by atoms with Crippen LogP contribution in [0.25, 0.3) is 0 Å². The predicted molar refractivity (Wildman–Crippen MR) is 92.8 cm³/mol. The van der Waals surface area contributed by atoms with Gasteiger partial charge >= 0.3 is 0 Å². The van der Waals surface area contributed by atoms with Crippen LogP contribution in [0, 0.1) is 13.8 Å². The number of nitrogens with zero attached hydrogens (tertiary/aromatic N) is 1. The smallest absolute Gasteiger partial charge is 0.222 e. The molecule has 0 bridgehead atoms. The van der Waals surface area contributed by atoms with E-state index < -0.39 is 0 Å².